The Morgan fingerprint density at radius 1 is 0.214 bits per heavy atom. The first-order valence-electron chi connectivity index (χ1n) is 24.3. The summed E-state index contributed by atoms with van der Waals surface area (Å²) in [5.41, 5.74) is 25.0. The Morgan fingerprint density at radius 2 is 0.729 bits per heavy atom. The fourth-order valence-electron chi connectivity index (χ4n) is 12.8. The lowest BCUT2D eigenvalue weighted by Gasteiger charge is -2.17. The molecule has 2 heteroatoms. The molecular weight excluding hydrogens is 845 g/mol. The van der Waals surface area contributed by atoms with Crippen molar-refractivity contribution in [2.24, 2.45) is 0 Å². The van der Waals surface area contributed by atoms with E-state index in [0.29, 0.717) is 0 Å². The molecular formula is C68H40N2. The Kier molecular flexibility index (Phi) is 7.64. The maximum Gasteiger partial charge on any atom is 0.0626 e. The second-order valence-corrected chi connectivity index (χ2v) is 19.1. The number of fused-ring (bicyclic) bond motifs is 14. The number of hydrogen-bond donors (Lipinski definition) is 0. The average molecular weight is 885 g/mol. The first kappa shape index (κ1) is 37.8. The van der Waals surface area contributed by atoms with Crippen LogP contribution in [0.5, 0.6) is 0 Å². The van der Waals surface area contributed by atoms with Crippen molar-refractivity contribution in [2.75, 3.05) is 0 Å². The van der Waals surface area contributed by atoms with Crippen molar-refractivity contribution in [2.45, 2.75) is 0 Å². The molecule has 0 atom stereocenters. The molecule has 2 heterocycles. The Hall–Kier alpha value is -9.24. The number of benzene rings is 12. The normalized spacial score (nSPS) is 12.3. The van der Waals surface area contributed by atoms with Crippen LogP contribution in [-0.4, -0.2) is 9.13 Å². The molecule has 2 nitrogen and oxygen atoms in total. The number of hydrogen-bond acceptors (Lipinski definition) is 0. The summed E-state index contributed by atoms with van der Waals surface area (Å²) < 4.78 is 5.03. The zero-order valence-corrected chi connectivity index (χ0v) is 38.0. The van der Waals surface area contributed by atoms with Crippen LogP contribution < -0.4 is 0 Å². The number of aromatic nitrogens is 2. The summed E-state index contributed by atoms with van der Waals surface area (Å²) in [7, 11) is 0. The van der Waals surface area contributed by atoms with E-state index in [9.17, 15) is 0 Å². The molecule has 0 bridgehead atoms. The highest BCUT2D eigenvalue weighted by Crippen LogP contribution is 2.56. The van der Waals surface area contributed by atoms with E-state index >= 15 is 0 Å². The van der Waals surface area contributed by atoms with Crippen LogP contribution in [-0.2, 0) is 0 Å². The van der Waals surface area contributed by atoms with Gasteiger partial charge in [-0.15, -0.1) is 0 Å². The highest BCUT2D eigenvalue weighted by atomic mass is 15.0. The topological polar surface area (TPSA) is 9.86 Å². The standard InChI is InChI=1S/C68H40N2/c1-2-15-41(16-3-1)46-20-4-8-27-57(46)69-60-30-11-7-23-53(60)67-61(69)40-39-56-64-48(36-35-45-19-14-26-55(63(45)64)65(56)67)43-33-31-42(32-34-43)47-21-5-9-28-58(47)70-59-29-10-6-22-49(59)52-38-37-51-50-24-12-17-44-18-13-25-54(62(44)50)66(51)68(52)70/h1-40H. The first-order valence-corrected chi connectivity index (χ1v) is 24.3. The molecule has 2 aliphatic rings. The summed E-state index contributed by atoms with van der Waals surface area (Å²) >= 11 is 0. The number of para-hydroxylation sites is 4. The second kappa shape index (κ2) is 14.1. The highest BCUT2D eigenvalue weighted by Gasteiger charge is 2.30. The molecule has 0 spiro atoms. The quantitative estimate of drug-likeness (QED) is 0.163. The molecule has 16 rings (SSSR count). The van der Waals surface area contributed by atoms with Gasteiger partial charge in [-0.25, -0.2) is 0 Å². The zero-order chi connectivity index (χ0) is 45.6. The Balaban J connectivity index is 0.868. The fraction of sp³-hybridized carbons (Fsp3) is 0. The Labute approximate surface area is 404 Å². The minimum absolute atomic E-state index is 1.18. The van der Waals surface area contributed by atoms with Crippen molar-refractivity contribution in [3.63, 3.8) is 0 Å². The second-order valence-electron chi connectivity index (χ2n) is 19.1. The maximum atomic E-state index is 2.54. The lowest BCUT2D eigenvalue weighted by Crippen LogP contribution is -1.98. The van der Waals surface area contributed by atoms with Gasteiger partial charge in [-0.3, -0.25) is 0 Å². The van der Waals surface area contributed by atoms with Gasteiger partial charge in [0.05, 0.1) is 33.4 Å². The van der Waals surface area contributed by atoms with Crippen molar-refractivity contribution in [1.29, 1.82) is 0 Å². The predicted octanol–water partition coefficient (Wildman–Crippen LogP) is 18.5. The van der Waals surface area contributed by atoms with Crippen LogP contribution in [0.25, 0.3) is 154 Å². The number of nitrogens with zero attached hydrogens (tertiary/aromatic N) is 2. The van der Waals surface area contributed by atoms with Gasteiger partial charge in [-0.1, -0.05) is 212 Å². The van der Waals surface area contributed by atoms with E-state index in [4.69, 9.17) is 0 Å². The van der Waals surface area contributed by atoms with E-state index < -0.39 is 0 Å². The predicted molar refractivity (Wildman–Crippen MR) is 295 cm³/mol. The van der Waals surface area contributed by atoms with E-state index in [1.165, 1.54) is 154 Å². The van der Waals surface area contributed by atoms with Crippen LogP contribution in [0.4, 0.5) is 0 Å². The molecule has 70 heavy (non-hydrogen) atoms. The van der Waals surface area contributed by atoms with Crippen molar-refractivity contribution in [1.82, 2.24) is 9.13 Å². The van der Waals surface area contributed by atoms with Crippen LogP contribution in [0.15, 0.2) is 243 Å². The molecule has 322 valence electrons. The van der Waals surface area contributed by atoms with Gasteiger partial charge in [0.15, 0.2) is 0 Å². The van der Waals surface area contributed by atoms with Crippen LogP contribution >= 0.6 is 0 Å². The van der Waals surface area contributed by atoms with Gasteiger partial charge >= 0.3 is 0 Å². The average Bonchev–Trinajstić information content (AvgIpc) is 4.16. The van der Waals surface area contributed by atoms with Gasteiger partial charge in [0, 0.05) is 43.8 Å². The van der Waals surface area contributed by atoms with Crippen molar-refractivity contribution < 1.29 is 0 Å². The van der Waals surface area contributed by atoms with Crippen LogP contribution in [0.1, 0.15) is 0 Å². The largest absolute Gasteiger partial charge is 0.309 e. The molecule has 0 radical (unpaired) electrons. The zero-order valence-electron chi connectivity index (χ0n) is 38.0. The minimum atomic E-state index is 1.18. The molecule has 2 aliphatic carbocycles. The highest BCUT2D eigenvalue weighted by molar-refractivity contribution is 6.29. The molecule has 0 N–H and O–H groups in total. The van der Waals surface area contributed by atoms with Crippen molar-refractivity contribution in [3.8, 4) is 89.3 Å². The lowest BCUT2D eigenvalue weighted by molar-refractivity contribution is 1.18. The van der Waals surface area contributed by atoms with Crippen molar-refractivity contribution in [3.05, 3.63) is 243 Å². The van der Waals surface area contributed by atoms with Gasteiger partial charge in [0.2, 0.25) is 0 Å². The van der Waals surface area contributed by atoms with E-state index in [0.717, 1.165) is 0 Å². The molecule has 0 saturated heterocycles. The van der Waals surface area contributed by atoms with Gasteiger partial charge in [0.25, 0.3) is 0 Å². The molecule has 2 aromatic heterocycles. The third kappa shape index (κ3) is 5.01. The molecule has 0 unspecified atom stereocenters. The third-order valence-corrected chi connectivity index (χ3v) is 15.6. The molecule has 0 saturated carbocycles. The van der Waals surface area contributed by atoms with Crippen LogP contribution in [0.3, 0.4) is 0 Å². The van der Waals surface area contributed by atoms with Gasteiger partial charge in [-0.05, 0) is 108 Å². The van der Waals surface area contributed by atoms with E-state index in [1.807, 2.05) is 0 Å². The van der Waals surface area contributed by atoms with Gasteiger partial charge in [-0.2, -0.15) is 0 Å². The van der Waals surface area contributed by atoms with E-state index in [2.05, 4.69) is 252 Å². The fourth-order valence-corrected chi connectivity index (χ4v) is 12.8. The molecule has 14 aromatic rings. The van der Waals surface area contributed by atoms with Crippen LogP contribution in [0.2, 0.25) is 0 Å². The number of rotatable bonds is 5. The molecule has 0 amide bonds. The smallest absolute Gasteiger partial charge is 0.0626 e. The first-order chi connectivity index (χ1) is 34.8. The minimum Gasteiger partial charge on any atom is -0.309 e. The summed E-state index contributed by atoms with van der Waals surface area (Å²) in [6.07, 6.45) is 0. The monoisotopic (exact) mass is 884 g/mol. The van der Waals surface area contributed by atoms with Gasteiger partial charge < -0.3 is 9.13 Å². The molecule has 0 fully saturated rings. The SMILES string of the molecule is c1ccc(-c2ccccc2-n2c3ccccc3c3c4c(ccc32)-c2c(-c3ccc(-c5ccccc5-n5c6ccccc6c6ccc7c(c65)-c5cccc6cccc-7c56)cc3)ccc3cccc-4c23)cc1. The summed E-state index contributed by atoms with van der Waals surface area (Å²) in [6, 6.07) is 90.3. The molecule has 0 aliphatic heterocycles. The van der Waals surface area contributed by atoms with E-state index in [-0.39, 0.29) is 0 Å². The summed E-state index contributed by atoms with van der Waals surface area (Å²) in [5.74, 6) is 0. The Morgan fingerprint density at radius 3 is 1.47 bits per heavy atom. The van der Waals surface area contributed by atoms with E-state index in [1.54, 1.807) is 0 Å². The Bertz CT molecular complexity index is 4560. The van der Waals surface area contributed by atoms with Crippen LogP contribution in [0, 0.1) is 0 Å². The summed E-state index contributed by atoms with van der Waals surface area (Å²) in [5, 5.41) is 10.3. The maximum absolute atomic E-state index is 2.54. The third-order valence-electron chi connectivity index (χ3n) is 15.6. The van der Waals surface area contributed by atoms with Crippen molar-refractivity contribution >= 4 is 65.2 Å². The summed E-state index contributed by atoms with van der Waals surface area (Å²) in [4.78, 5) is 0. The molecule has 12 aromatic carbocycles. The van der Waals surface area contributed by atoms with Gasteiger partial charge in [0.1, 0.15) is 0 Å². The lowest BCUT2D eigenvalue weighted by atomic mass is 9.91. The summed E-state index contributed by atoms with van der Waals surface area (Å²) in [6.45, 7) is 0.